The Morgan fingerprint density at radius 2 is 1.27 bits per heavy atom. The number of hydrogen-bond donors (Lipinski definition) is 1. The van der Waals surface area contributed by atoms with Crippen molar-refractivity contribution in [2.24, 2.45) is 16.2 Å². The van der Waals surface area contributed by atoms with Crippen LogP contribution in [-0.2, 0) is 4.79 Å². The van der Waals surface area contributed by atoms with Crippen LogP contribution in [0, 0.1) is 30.1 Å². The third-order valence-electron chi connectivity index (χ3n) is 5.08. The van der Waals surface area contributed by atoms with E-state index in [1.54, 1.807) is 26.0 Å². The quantitative estimate of drug-likeness (QED) is 0.617. The highest BCUT2D eigenvalue weighted by molar-refractivity contribution is 5.80. The summed E-state index contributed by atoms with van der Waals surface area (Å²) in [5, 5.41) is 9.84. The second-order valence-electron chi connectivity index (χ2n) is 8.42. The van der Waals surface area contributed by atoms with Gasteiger partial charge in [-0.25, -0.2) is 0 Å². The molecule has 1 aromatic carbocycles. The predicted octanol–water partition coefficient (Wildman–Crippen LogP) is 5.01. The van der Waals surface area contributed by atoms with Gasteiger partial charge in [0, 0.05) is 0 Å². The minimum absolute atomic E-state index is 0.239. The molecular formula is C19H30O3. The highest BCUT2D eigenvalue weighted by Crippen LogP contribution is 2.52. The van der Waals surface area contributed by atoms with E-state index in [1.807, 2.05) is 6.92 Å². The van der Waals surface area contributed by atoms with Gasteiger partial charge in [-0.1, -0.05) is 41.5 Å². The summed E-state index contributed by atoms with van der Waals surface area (Å²) in [6.45, 7) is 17.9. The lowest BCUT2D eigenvalue weighted by Crippen LogP contribution is -2.51. The number of hydrogen-bond acceptors (Lipinski definition) is 3. The monoisotopic (exact) mass is 306 g/mol. The van der Waals surface area contributed by atoms with Gasteiger partial charge in [-0.15, -0.1) is 0 Å². The van der Waals surface area contributed by atoms with Crippen molar-refractivity contribution in [3.05, 3.63) is 23.3 Å². The van der Waals surface area contributed by atoms with E-state index in [0.29, 0.717) is 16.9 Å². The van der Waals surface area contributed by atoms with E-state index in [1.165, 1.54) is 0 Å². The average Bonchev–Trinajstić information content (AvgIpc) is 2.31. The molecule has 0 amide bonds. The Morgan fingerprint density at radius 1 is 0.909 bits per heavy atom. The van der Waals surface area contributed by atoms with E-state index < -0.39 is 5.41 Å². The molecule has 0 aromatic heterocycles. The number of aromatic hydroxyl groups is 1. The van der Waals surface area contributed by atoms with E-state index in [0.717, 1.165) is 0 Å². The fraction of sp³-hybridized carbons (Fsp3) is 0.632. The van der Waals surface area contributed by atoms with Gasteiger partial charge in [0.05, 0.1) is 5.41 Å². The molecule has 124 valence electrons. The van der Waals surface area contributed by atoms with Gasteiger partial charge >= 0.3 is 5.97 Å². The van der Waals surface area contributed by atoms with E-state index >= 15 is 0 Å². The Labute approximate surface area is 134 Å². The minimum Gasteiger partial charge on any atom is -0.507 e. The van der Waals surface area contributed by atoms with E-state index in [-0.39, 0.29) is 22.5 Å². The molecule has 0 bridgehead atoms. The van der Waals surface area contributed by atoms with Crippen molar-refractivity contribution in [1.82, 2.24) is 0 Å². The molecule has 0 aliphatic carbocycles. The van der Waals surface area contributed by atoms with Crippen LogP contribution in [0.3, 0.4) is 0 Å². The van der Waals surface area contributed by atoms with Crippen LogP contribution < -0.4 is 4.74 Å². The molecule has 0 aliphatic heterocycles. The Morgan fingerprint density at radius 3 is 1.59 bits per heavy atom. The zero-order valence-corrected chi connectivity index (χ0v) is 15.4. The lowest BCUT2D eigenvalue weighted by molar-refractivity contribution is -0.162. The largest absolute Gasteiger partial charge is 0.507 e. The molecule has 0 spiro atoms. The summed E-state index contributed by atoms with van der Waals surface area (Å²) in [4.78, 5) is 13.0. The Balaban J connectivity index is 3.25. The molecule has 0 saturated carbocycles. The summed E-state index contributed by atoms with van der Waals surface area (Å²) in [5.41, 5.74) is 0.263. The lowest BCUT2D eigenvalue weighted by Gasteiger charge is -2.48. The van der Waals surface area contributed by atoms with Crippen molar-refractivity contribution in [3.8, 4) is 11.5 Å². The van der Waals surface area contributed by atoms with Gasteiger partial charge in [-0.3, -0.25) is 4.79 Å². The molecule has 0 fully saturated rings. The van der Waals surface area contributed by atoms with Crippen LogP contribution >= 0.6 is 0 Å². The molecule has 0 unspecified atom stereocenters. The zero-order valence-electron chi connectivity index (χ0n) is 15.4. The van der Waals surface area contributed by atoms with Crippen LogP contribution in [0.25, 0.3) is 0 Å². The van der Waals surface area contributed by atoms with E-state index in [9.17, 15) is 9.90 Å². The normalized spacial score (nSPS) is 13.1. The first kappa shape index (κ1) is 18.5. The fourth-order valence-electron chi connectivity index (χ4n) is 2.92. The number of carbonyl (C=O) groups is 1. The molecule has 3 heteroatoms. The van der Waals surface area contributed by atoms with Crippen molar-refractivity contribution in [3.63, 3.8) is 0 Å². The Kier molecular flexibility index (Phi) is 4.72. The number of esters is 1. The number of benzene rings is 1. The molecule has 22 heavy (non-hydrogen) atoms. The van der Waals surface area contributed by atoms with Crippen LogP contribution in [0.4, 0.5) is 0 Å². The summed E-state index contributed by atoms with van der Waals surface area (Å²) in [6.07, 6.45) is 0. The van der Waals surface area contributed by atoms with Crippen molar-refractivity contribution < 1.29 is 14.6 Å². The van der Waals surface area contributed by atoms with Crippen LogP contribution in [0.5, 0.6) is 11.5 Å². The molecular weight excluding hydrogens is 276 g/mol. The molecule has 0 aliphatic rings. The molecule has 1 aromatic rings. The number of rotatable bonds is 2. The molecule has 0 heterocycles. The predicted molar refractivity (Wildman–Crippen MR) is 90.2 cm³/mol. The number of carbonyl (C=O) groups excluding carboxylic acids is 1. The van der Waals surface area contributed by atoms with Gasteiger partial charge in [0.25, 0.3) is 0 Å². The molecule has 1 rings (SSSR count). The van der Waals surface area contributed by atoms with Crippen molar-refractivity contribution in [2.45, 2.75) is 62.3 Å². The highest BCUT2D eigenvalue weighted by atomic mass is 16.5. The molecule has 0 radical (unpaired) electrons. The maximum Gasteiger partial charge on any atom is 0.318 e. The van der Waals surface area contributed by atoms with Crippen molar-refractivity contribution in [1.29, 1.82) is 0 Å². The topological polar surface area (TPSA) is 46.5 Å². The SMILES string of the molecule is Cc1cc(OC(=O)C(C)(C(C)(C)C)C(C)(C)C)cc(C)c1O. The maximum atomic E-state index is 13.0. The molecule has 0 atom stereocenters. The zero-order chi connectivity index (χ0) is 17.5. The average molecular weight is 306 g/mol. The summed E-state index contributed by atoms with van der Waals surface area (Å²) >= 11 is 0. The summed E-state index contributed by atoms with van der Waals surface area (Å²) < 4.78 is 5.70. The third-order valence-corrected chi connectivity index (χ3v) is 5.08. The number of phenols is 1. The first-order valence-electron chi connectivity index (χ1n) is 7.74. The van der Waals surface area contributed by atoms with Gasteiger partial charge in [-0.2, -0.15) is 0 Å². The van der Waals surface area contributed by atoms with Gasteiger partial charge in [-0.05, 0) is 54.9 Å². The van der Waals surface area contributed by atoms with Gasteiger partial charge < -0.3 is 9.84 Å². The van der Waals surface area contributed by atoms with E-state index in [4.69, 9.17) is 4.74 Å². The van der Waals surface area contributed by atoms with Crippen LogP contribution in [0.2, 0.25) is 0 Å². The number of phenolic OH excluding ortho intramolecular Hbond substituents is 1. The first-order chi connectivity index (χ1) is 9.71. The maximum absolute atomic E-state index is 13.0. The van der Waals surface area contributed by atoms with Gasteiger partial charge in [0.2, 0.25) is 0 Å². The highest BCUT2D eigenvalue weighted by Gasteiger charge is 2.53. The Bertz CT molecular complexity index is 534. The van der Waals surface area contributed by atoms with Gasteiger partial charge in [0.15, 0.2) is 0 Å². The van der Waals surface area contributed by atoms with Crippen LogP contribution in [0.1, 0.15) is 59.6 Å². The summed E-state index contributed by atoms with van der Waals surface area (Å²) in [7, 11) is 0. The van der Waals surface area contributed by atoms with Gasteiger partial charge in [0.1, 0.15) is 11.5 Å². The van der Waals surface area contributed by atoms with Crippen molar-refractivity contribution in [2.75, 3.05) is 0 Å². The van der Waals surface area contributed by atoms with Crippen LogP contribution in [-0.4, -0.2) is 11.1 Å². The molecule has 3 nitrogen and oxygen atoms in total. The minimum atomic E-state index is -0.653. The number of ether oxygens (including phenoxy) is 1. The third kappa shape index (κ3) is 3.13. The smallest absolute Gasteiger partial charge is 0.318 e. The van der Waals surface area contributed by atoms with Crippen molar-refractivity contribution >= 4 is 5.97 Å². The standard InChI is InChI=1S/C19H30O3/c1-12-10-14(11-13(2)15(12)20)22-16(21)19(9,17(3,4)5)18(6,7)8/h10-11,20H,1-9H3. The molecule has 0 saturated heterocycles. The van der Waals surface area contributed by atoms with Crippen LogP contribution in [0.15, 0.2) is 12.1 Å². The lowest BCUT2D eigenvalue weighted by atomic mass is 9.55. The summed E-state index contributed by atoms with van der Waals surface area (Å²) in [5.74, 6) is 0.490. The Hall–Kier alpha value is -1.51. The van der Waals surface area contributed by atoms with E-state index in [2.05, 4.69) is 41.5 Å². The molecule has 1 N–H and O–H groups in total. The fourth-order valence-corrected chi connectivity index (χ4v) is 2.92. The number of aryl methyl sites for hydroxylation is 2. The second kappa shape index (κ2) is 5.60. The first-order valence-corrected chi connectivity index (χ1v) is 7.74. The summed E-state index contributed by atoms with van der Waals surface area (Å²) in [6, 6.07) is 3.40. The second-order valence-corrected chi connectivity index (χ2v) is 8.42.